The van der Waals surface area contributed by atoms with Crippen molar-refractivity contribution in [1.29, 1.82) is 0 Å². The Hall–Kier alpha value is -2.68. The SMILES string of the molecule is O=C(NCc1ccc(CBr)cc1)C(O)C(O)C(=O)N1CCc2c([nH]c3ccccc23)C1. The van der Waals surface area contributed by atoms with Gasteiger partial charge in [-0.2, -0.15) is 0 Å². The zero-order valence-electron chi connectivity index (χ0n) is 16.8. The number of aliphatic hydroxyl groups excluding tert-OH is 2. The Balaban J connectivity index is 1.36. The maximum absolute atomic E-state index is 12.7. The number of rotatable bonds is 6. The van der Waals surface area contributed by atoms with Crippen LogP contribution in [-0.4, -0.2) is 50.7 Å². The number of carbonyl (C=O) groups excluding carboxylic acids is 2. The number of hydrogen-bond donors (Lipinski definition) is 4. The number of alkyl halides is 1. The minimum atomic E-state index is -1.83. The predicted molar refractivity (Wildman–Crippen MR) is 120 cm³/mol. The number of aromatic amines is 1. The molecule has 4 N–H and O–H groups in total. The minimum Gasteiger partial charge on any atom is -0.380 e. The topological polar surface area (TPSA) is 106 Å². The fraction of sp³-hybridized carbons (Fsp3) is 0.304. The summed E-state index contributed by atoms with van der Waals surface area (Å²) >= 11 is 3.37. The number of nitrogens with zero attached hydrogens (tertiary/aromatic N) is 1. The fourth-order valence-corrected chi connectivity index (χ4v) is 4.26. The molecule has 1 aliphatic rings. The number of H-pyrrole nitrogens is 1. The van der Waals surface area contributed by atoms with E-state index in [2.05, 4.69) is 26.2 Å². The van der Waals surface area contributed by atoms with E-state index in [4.69, 9.17) is 0 Å². The molecule has 7 nitrogen and oxygen atoms in total. The average molecular weight is 486 g/mol. The first-order valence-electron chi connectivity index (χ1n) is 10.1. The third-order valence-corrected chi connectivity index (χ3v) is 6.31. The zero-order valence-corrected chi connectivity index (χ0v) is 18.4. The van der Waals surface area contributed by atoms with Gasteiger partial charge < -0.3 is 25.4 Å². The van der Waals surface area contributed by atoms with Crippen LogP contribution < -0.4 is 5.32 Å². The molecule has 0 spiro atoms. The number of nitrogens with one attached hydrogen (secondary N) is 2. The van der Waals surface area contributed by atoms with Crippen molar-refractivity contribution in [2.45, 2.75) is 37.0 Å². The van der Waals surface area contributed by atoms with E-state index in [-0.39, 0.29) is 6.54 Å². The third-order valence-electron chi connectivity index (χ3n) is 5.66. The summed E-state index contributed by atoms with van der Waals surface area (Å²) in [6.45, 7) is 0.911. The van der Waals surface area contributed by atoms with Crippen LogP contribution in [0.2, 0.25) is 0 Å². The van der Waals surface area contributed by atoms with Gasteiger partial charge in [-0.25, -0.2) is 0 Å². The lowest BCUT2D eigenvalue weighted by Crippen LogP contribution is -2.51. The maximum atomic E-state index is 12.7. The zero-order chi connectivity index (χ0) is 22.0. The number of hydrogen-bond acceptors (Lipinski definition) is 4. The van der Waals surface area contributed by atoms with Crippen molar-refractivity contribution in [3.63, 3.8) is 0 Å². The van der Waals surface area contributed by atoms with Crippen molar-refractivity contribution >= 4 is 38.6 Å². The van der Waals surface area contributed by atoms with Gasteiger partial charge in [0, 0.05) is 35.0 Å². The van der Waals surface area contributed by atoms with Crippen molar-refractivity contribution in [3.05, 3.63) is 70.9 Å². The quantitative estimate of drug-likeness (QED) is 0.400. The highest BCUT2D eigenvalue weighted by molar-refractivity contribution is 9.08. The number of fused-ring (bicyclic) bond motifs is 3. The predicted octanol–water partition coefficient (Wildman–Crippen LogP) is 1.99. The molecular weight excluding hydrogens is 462 g/mol. The summed E-state index contributed by atoms with van der Waals surface area (Å²) in [5.74, 6) is -1.44. The molecule has 1 aromatic heterocycles. The van der Waals surface area contributed by atoms with E-state index in [1.165, 1.54) is 10.5 Å². The molecule has 0 saturated carbocycles. The molecule has 0 aliphatic carbocycles. The largest absolute Gasteiger partial charge is 0.380 e. The highest BCUT2D eigenvalue weighted by atomic mass is 79.9. The van der Waals surface area contributed by atoms with Crippen molar-refractivity contribution < 1.29 is 19.8 Å². The molecule has 2 unspecified atom stereocenters. The highest BCUT2D eigenvalue weighted by Crippen LogP contribution is 2.27. The van der Waals surface area contributed by atoms with Crippen LogP contribution >= 0.6 is 15.9 Å². The van der Waals surface area contributed by atoms with Crippen molar-refractivity contribution in [1.82, 2.24) is 15.2 Å². The van der Waals surface area contributed by atoms with Gasteiger partial charge >= 0.3 is 0 Å². The van der Waals surface area contributed by atoms with E-state index >= 15 is 0 Å². The number of aliphatic hydroxyl groups is 2. The maximum Gasteiger partial charge on any atom is 0.255 e. The summed E-state index contributed by atoms with van der Waals surface area (Å²) in [4.78, 5) is 29.8. The summed E-state index contributed by atoms with van der Waals surface area (Å²) in [5, 5.41) is 25.0. The van der Waals surface area contributed by atoms with Gasteiger partial charge in [0.1, 0.15) is 0 Å². The van der Waals surface area contributed by atoms with Gasteiger partial charge in [0.25, 0.3) is 11.8 Å². The second-order valence-corrected chi connectivity index (χ2v) is 8.26. The smallest absolute Gasteiger partial charge is 0.255 e. The first-order chi connectivity index (χ1) is 15.0. The number of para-hydroxylation sites is 1. The Morgan fingerprint density at radius 2 is 1.77 bits per heavy atom. The minimum absolute atomic E-state index is 0.196. The molecule has 162 valence electrons. The molecule has 2 aromatic carbocycles. The Morgan fingerprint density at radius 3 is 2.52 bits per heavy atom. The lowest BCUT2D eigenvalue weighted by Gasteiger charge is -2.30. The number of amides is 2. The van der Waals surface area contributed by atoms with Gasteiger partial charge in [-0.3, -0.25) is 9.59 Å². The Kier molecular flexibility index (Phi) is 6.41. The summed E-state index contributed by atoms with van der Waals surface area (Å²) in [7, 11) is 0. The van der Waals surface area contributed by atoms with Crippen molar-refractivity contribution in [2.75, 3.05) is 6.54 Å². The lowest BCUT2D eigenvalue weighted by molar-refractivity contribution is -0.153. The molecule has 3 aromatic rings. The van der Waals surface area contributed by atoms with Crippen LogP contribution in [0.1, 0.15) is 22.4 Å². The molecule has 4 rings (SSSR count). The number of aromatic nitrogens is 1. The molecule has 8 heteroatoms. The van der Waals surface area contributed by atoms with E-state index in [1.807, 2.05) is 48.5 Å². The number of benzene rings is 2. The number of carbonyl (C=O) groups is 2. The monoisotopic (exact) mass is 485 g/mol. The summed E-state index contributed by atoms with van der Waals surface area (Å²) in [6, 6.07) is 15.5. The van der Waals surface area contributed by atoms with Gasteiger partial charge in [0.2, 0.25) is 0 Å². The Bertz CT molecular complexity index is 1100. The first-order valence-corrected chi connectivity index (χ1v) is 11.2. The van der Waals surface area contributed by atoms with Gasteiger partial charge in [0.15, 0.2) is 12.2 Å². The van der Waals surface area contributed by atoms with Gasteiger partial charge in [-0.15, -0.1) is 0 Å². The standard InChI is InChI=1S/C23H24BrN3O4/c24-11-14-5-7-15(8-6-14)12-25-22(30)20(28)21(29)23(31)27-10-9-17-16-3-1-2-4-18(16)26-19(17)13-27/h1-8,20-21,26,28-29H,9-13H2,(H,25,30). The first kappa shape index (κ1) is 21.5. The molecule has 0 fully saturated rings. The van der Waals surface area contributed by atoms with Crippen molar-refractivity contribution in [3.8, 4) is 0 Å². The van der Waals surface area contributed by atoms with Crippen LogP contribution in [-0.2, 0) is 34.4 Å². The van der Waals surface area contributed by atoms with E-state index in [0.717, 1.165) is 33.1 Å². The molecule has 2 atom stereocenters. The molecule has 0 bridgehead atoms. The van der Waals surface area contributed by atoms with Crippen LogP contribution in [0.4, 0.5) is 0 Å². The lowest BCUT2D eigenvalue weighted by atomic mass is 10.0. The van der Waals surface area contributed by atoms with E-state index < -0.39 is 24.0 Å². The molecule has 0 radical (unpaired) electrons. The Labute approximate surface area is 188 Å². The fourth-order valence-electron chi connectivity index (χ4n) is 3.89. The summed E-state index contributed by atoms with van der Waals surface area (Å²) < 4.78 is 0. The highest BCUT2D eigenvalue weighted by Gasteiger charge is 2.35. The van der Waals surface area contributed by atoms with Crippen LogP contribution in [0, 0.1) is 0 Å². The molecule has 2 amide bonds. The van der Waals surface area contributed by atoms with E-state index in [0.29, 0.717) is 19.5 Å². The molecular formula is C23H24BrN3O4. The second-order valence-electron chi connectivity index (χ2n) is 7.70. The molecule has 2 heterocycles. The van der Waals surface area contributed by atoms with Gasteiger partial charge in [-0.05, 0) is 29.2 Å². The van der Waals surface area contributed by atoms with Crippen LogP contribution in [0.3, 0.4) is 0 Å². The van der Waals surface area contributed by atoms with Crippen molar-refractivity contribution in [2.24, 2.45) is 0 Å². The Morgan fingerprint density at radius 1 is 1.06 bits per heavy atom. The van der Waals surface area contributed by atoms with Crippen LogP contribution in [0.15, 0.2) is 48.5 Å². The molecule has 1 aliphatic heterocycles. The van der Waals surface area contributed by atoms with E-state index in [9.17, 15) is 19.8 Å². The van der Waals surface area contributed by atoms with Crippen LogP contribution in [0.25, 0.3) is 10.9 Å². The second kappa shape index (κ2) is 9.21. The number of halogens is 1. The van der Waals surface area contributed by atoms with E-state index in [1.54, 1.807) is 0 Å². The molecule has 0 saturated heterocycles. The summed E-state index contributed by atoms with van der Waals surface area (Å²) in [5.41, 5.74) is 5.05. The normalized spacial score (nSPS) is 15.4. The average Bonchev–Trinajstić information content (AvgIpc) is 3.19. The van der Waals surface area contributed by atoms with Crippen LogP contribution in [0.5, 0.6) is 0 Å². The third kappa shape index (κ3) is 4.51. The summed E-state index contributed by atoms with van der Waals surface area (Å²) in [6.07, 6.45) is -3.01. The molecule has 31 heavy (non-hydrogen) atoms. The van der Waals surface area contributed by atoms with Gasteiger partial charge in [0.05, 0.1) is 6.54 Å². The van der Waals surface area contributed by atoms with Gasteiger partial charge in [-0.1, -0.05) is 58.4 Å².